The molecule has 0 saturated carbocycles. The average Bonchev–Trinajstić information content (AvgIpc) is 2.81. The fraction of sp³-hybridized carbons (Fsp3) is 0.214. The summed E-state index contributed by atoms with van der Waals surface area (Å²) in [4.78, 5) is 0. The molecule has 28 heavy (non-hydrogen) atoms. The van der Waals surface area contributed by atoms with Crippen LogP contribution in [0.5, 0.6) is 0 Å². The number of benzene rings is 4. The van der Waals surface area contributed by atoms with Crippen LogP contribution in [0.4, 0.5) is 0 Å². The molecule has 4 aromatic rings. The monoisotopic (exact) mass is 368 g/mol. The van der Waals surface area contributed by atoms with E-state index in [1.807, 2.05) is 19.9 Å². The van der Waals surface area contributed by atoms with E-state index in [0.29, 0.717) is 0 Å². The summed E-state index contributed by atoms with van der Waals surface area (Å²) in [5.74, 6) is 0. The smallest absolute Gasteiger partial charge is 0.0152 e. The summed E-state index contributed by atoms with van der Waals surface area (Å²) in [7, 11) is 0. The normalized spacial score (nSPS) is 9.71. The van der Waals surface area contributed by atoms with E-state index in [0.717, 1.165) is 12.8 Å². The lowest BCUT2D eigenvalue weighted by Crippen LogP contribution is -1.81. The fourth-order valence-corrected chi connectivity index (χ4v) is 3.16. The molecule has 0 heterocycles. The van der Waals surface area contributed by atoms with Crippen molar-refractivity contribution in [3.63, 3.8) is 0 Å². The maximum Gasteiger partial charge on any atom is -0.0152 e. The lowest BCUT2D eigenvalue weighted by atomic mass is 10.0. The minimum absolute atomic E-state index is 1.11. The Labute approximate surface area is 170 Å². The van der Waals surface area contributed by atoms with Crippen LogP contribution in [0.1, 0.15) is 38.8 Å². The van der Waals surface area contributed by atoms with Crippen molar-refractivity contribution in [2.45, 2.75) is 40.5 Å². The van der Waals surface area contributed by atoms with Gasteiger partial charge >= 0.3 is 0 Å². The van der Waals surface area contributed by atoms with E-state index in [4.69, 9.17) is 0 Å². The molecule has 0 amide bonds. The Morgan fingerprint density at radius 3 is 1.71 bits per heavy atom. The maximum absolute atomic E-state index is 2.20. The van der Waals surface area contributed by atoms with Crippen LogP contribution < -0.4 is 0 Å². The van der Waals surface area contributed by atoms with Crippen molar-refractivity contribution in [1.82, 2.24) is 0 Å². The molecule has 0 nitrogen and oxygen atoms in total. The summed E-state index contributed by atoms with van der Waals surface area (Å²) >= 11 is 0. The fourth-order valence-electron chi connectivity index (χ4n) is 3.16. The summed E-state index contributed by atoms with van der Waals surface area (Å²) in [6, 6.07) is 34.3. The van der Waals surface area contributed by atoms with E-state index >= 15 is 0 Å². The third-order valence-electron chi connectivity index (χ3n) is 4.73. The Hall–Kier alpha value is -2.86. The molecule has 0 heteroatoms. The van der Waals surface area contributed by atoms with E-state index in [1.165, 1.54) is 33.0 Å². The highest BCUT2D eigenvalue weighted by molar-refractivity contribution is 5.85. The zero-order chi connectivity index (χ0) is 20.2. The minimum atomic E-state index is 1.11. The first kappa shape index (κ1) is 21.4. The van der Waals surface area contributed by atoms with Gasteiger partial charge in [-0.25, -0.2) is 0 Å². The van der Waals surface area contributed by atoms with Crippen LogP contribution in [-0.4, -0.2) is 0 Å². The van der Waals surface area contributed by atoms with Gasteiger partial charge in [-0.3, -0.25) is 0 Å². The molecule has 0 spiro atoms. The Morgan fingerprint density at radius 1 is 0.500 bits per heavy atom. The van der Waals surface area contributed by atoms with Crippen LogP contribution in [0.3, 0.4) is 0 Å². The van der Waals surface area contributed by atoms with Gasteiger partial charge in [-0.1, -0.05) is 125 Å². The Kier molecular flexibility index (Phi) is 9.01. The van der Waals surface area contributed by atoms with Gasteiger partial charge in [0.1, 0.15) is 0 Å². The van der Waals surface area contributed by atoms with Gasteiger partial charge in [-0.2, -0.15) is 0 Å². The molecule has 0 fully saturated rings. The number of aryl methyl sites for hydroxylation is 2. The molecule has 144 valence electrons. The molecule has 0 aliphatic rings. The van der Waals surface area contributed by atoms with Crippen LogP contribution >= 0.6 is 0 Å². The van der Waals surface area contributed by atoms with Gasteiger partial charge < -0.3 is 0 Å². The van der Waals surface area contributed by atoms with E-state index in [9.17, 15) is 0 Å². The number of rotatable bonds is 3. The van der Waals surface area contributed by atoms with Crippen molar-refractivity contribution in [3.05, 3.63) is 108 Å². The molecule has 4 rings (SSSR count). The Morgan fingerprint density at radius 2 is 1.07 bits per heavy atom. The highest BCUT2D eigenvalue weighted by Gasteiger charge is 1.96. The van der Waals surface area contributed by atoms with Crippen LogP contribution in [-0.2, 0) is 12.8 Å². The second-order valence-electron chi connectivity index (χ2n) is 6.41. The summed E-state index contributed by atoms with van der Waals surface area (Å²) in [5.41, 5.74) is 5.41. The van der Waals surface area contributed by atoms with Crippen LogP contribution in [0.25, 0.3) is 21.9 Å². The summed E-state index contributed by atoms with van der Waals surface area (Å²) in [6.07, 6.45) is 2.22. The predicted molar refractivity (Wildman–Crippen MR) is 126 cm³/mol. The molecule has 0 radical (unpaired) electrons. The largest absolute Gasteiger partial charge is 0.0683 e. The Bertz CT molecular complexity index is 929. The summed E-state index contributed by atoms with van der Waals surface area (Å²) in [6.45, 7) is 8.37. The molecule has 0 aliphatic heterocycles. The van der Waals surface area contributed by atoms with E-state index < -0.39 is 0 Å². The third kappa shape index (κ3) is 5.82. The molecular weight excluding hydrogens is 336 g/mol. The van der Waals surface area contributed by atoms with Crippen LogP contribution in [0.2, 0.25) is 0 Å². The van der Waals surface area contributed by atoms with Gasteiger partial charge in [0.25, 0.3) is 0 Å². The molecule has 0 saturated heterocycles. The first-order chi connectivity index (χ1) is 13.8. The van der Waals surface area contributed by atoms with Gasteiger partial charge in [0, 0.05) is 0 Å². The van der Waals surface area contributed by atoms with Crippen molar-refractivity contribution in [2.75, 3.05) is 0 Å². The lowest BCUT2D eigenvalue weighted by Gasteiger charge is -2.02. The van der Waals surface area contributed by atoms with Gasteiger partial charge in [0.05, 0.1) is 0 Å². The molecule has 0 N–H and O–H groups in total. The Balaban J connectivity index is 0.000000186. The number of hydrogen-bond donors (Lipinski definition) is 0. The second-order valence-corrected chi connectivity index (χ2v) is 6.41. The highest BCUT2D eigenvalue weighted by Crippen LogP contribution is 2.19. The van der Waals surface area contributed by atoms with Gasteiger partial charge in [-0.15, -0.1) is 0 Å². The predicted octanol–water partition coefficient (Wildman–Crippen LogP) is 8.34. The standard InChI is InChI=1S/C14H14.C12H12.C2H6/c1-2-12-8-10-14(11-9-12)13-6-4-3-5-7-13;1-2-10-7-5-8-11-6-3-4-9-12(10)11;1-2/h3-11H,2H2,1H3;3-9H,2H2,1H3;1-2H3. The molecule has 0 aliphatic carbocycles. The van der Waals surface area contributed by atoms with Crippen molar-refractivity contribution < 1.29 is 0 Å². The van der Waals surface area contributed by atoms with E-state index in [-0.39, 0.29) is 0 Å². The van der Waals surface area contributed by atoms with Crippen molar-refractivity contribution in [3.8, 4) is 11.1 Å². The van der Waals surface area contributed by atoms with Gasteiger partial charge in [0.2, 0.25) is 0 Å². The summed E-state index contributed by atoms with van der Waals surface area (Å²) < 4.78 is 0. The zero-order valence-corrected chi connectivity index (χ0v) is 17.7. The molecule has 0 aromatic heterocycles. The quantitative estimate of drug-likeness (QED) is 0.341. The molecule has 0 atom stereocenters. The first-order valence-corrected chi connectivity index (χ1v) is 10.4. The molecule has 0 bridgehead atoms. The lowest BCUT2D eigenvalue weighted by molar-refractivity contribution is 1.14. The van der Waals surface area contributed by atoms with Crippen molar-refractivity contribution in [2.24, 2.45) is 0 Å². The zero-order valence-electron chi connectivity index (χ0n) is 17.7. The number of hydrogen-bond acceptors (Lipinski definition) is 0. The third-order valence-corrected chi connectivity index (χ3v) is 4.73. The first-order valence-electron chi connectivity index (χ1n) is 10.4. The highest BCUT2D eigenvalue weighted by atomic mass is 14.0. The average molecular weight is 369 g/mol. The molecule has 0 unspecified atom stereocenters. The van der Waals surface area contributed by atoms with Gasteiger partial charge in [-0.05, 0) is 45.9 Å². The SMILES string of the molecule is CC.CCc1ccc(-c2ccccc2)cc1.CCc1cccc2ccccc12. The summed E-state index contributed by atoms with van der Waals surface area (Å²) in [5, 5.41) is 2.74. The second kappa shape index (κ2) is 11.8. The molecule has 4 aromatic carbocycles. The maximum atomic E-state index is 2.20. The van der Waals surface area contributed by atoms with Gasteiger partial charge in [0.15, 0.2) is 0 Å². The minimum Gasteiger partial charge on any atom is -0.0683 e. The molecular formula is C28H32. The van der Waals surface area contributed by atoms with Crippen molar-refractivity contribution >= 4 is 10.8 Å². The van der Waals surface area contributed by atoms with Crippen molar-refractivity contribution in [1.29, 1.82) is 0 Å². The van der Waals surface area contributed by atoms with E-state index in [2.05, 4.69) is 105 Å². The topological polar surface area (TPSA) is 0 Å². The van der Waals surface area contributed by atoms with E-state index in [1.54, 1.807) is 0 Å². The van der Waals surface area contributed by atoms with Crippen LogP contribution in [0, 0.1) is 0 Å². The van der Waals surface area contributed by atoms with Crippen LogP contribution in [0.15, 0.2) is 97.1 Å². The number of fused-ring (bicyclic) bond motifs is 1.